The van der Waals surface area contributed by atoms with E-state index in [-0.39, 0.29) is 0 Å². The van der Waals surface area contributed by atoms with Crippen molar-refractivity contribution in [2.24, 2.45) is 100 Å². The Morgan fingerprint density at radius 3 is 0.957 bits per heavy atom. The van der Waals surface area contributed by atoms with Crippen LogP contribution in [-0.2, 0) is 0 Å². The van der Waals surface area contributed by atoms with E-state index < -0.39 is 0 Å². The van der Waals surface area contributed by atoms with Crippen molar-refractivity contribution < 1.29 is 0 Å². The summed E-state index contributed by atoms with van der Waals surface area (Å²) in [5.74, 6) is 14.5. The first-order valence-electron chi connectivity index (χ1n) is 51.5. The Morgan fingerprint density at radius 1 is 0.316 bits per heavy atom. The summed E-state index contributed by atoms with van der Waals surface area (Å²) in [5.41, 5.74) is 0.827. The van der Waals surface area contributed by atoms with Crippen LogP contribution in [0.1, 0.15) is 419 Å². The van der Waals surface area contributed by atoms with Crippen molar-refractivity contribution in [3.05, 3.63) is 0 Å². The van der Waals surface area contributed by atoms with Crippen LogP contribution in [0.4, 0.5) is 0 Å². The van der Waals surface area contributed by atoms with Gasteiger partial charge in [0.15, 0.2) is 0 Å². The predicted octanol–water partition coefficient (Wildman–Crippen LogP) is 27.5. The number of nitrogens with zero attached hydrogens (tertiary/aromatic N) is 8. The van der Waals surface area contributed by atoms with Crippen molar-refractivity contribution in [3.63, 3.8) is 0 Å². The Balaban J connectivity index is 0. The monoisotopic (exact) mass is 1650 g/mol. The Labute approximate surface area is 742 Å². The van der Waals surface area contributed by atoms with Crippen LogP contribution in [0.5, 0.6) is 0 Å². The van der Waals surface area contributed by atoms with Gasteiger partial charge in [-0.05, 0) is 425 Å². The number of hydrogen-bond donors (Lipinski definition) is 2. The van der Waals surface area contributed by atoms with E-state index in [2.05, 4.69) is 348 Å². The highest BCUT2D eigenvalue weighted by molar-refractivity contribution is 4.89. The number of piperidine rings is 5. The molecule has 117 heavy (non-hydrogen) atoms. The summed E-state index contributed by atoms with van der Waals surface area (Å²) in [7, 11) is 2.19. The lowest BCUT2D eigenvalue weighted by molar-refractivity contribution is 0.0388. The minimum absolute atomic E-state index is 0.351. The molecule has 0 aromatic rings. The first kappa shape index (κ1) is 119. The third-order valence-corrected chi connectivity index (χ3v) is 28.7. The summed E-state index contributed by atoms with van der Waals surface area (Å²) in [6.07, 6.45) is 28.0. The molecule has 10 heteroatoms. The average molecular weight is 1660 g/mol. The van der Waals surface area contributed by atoms with Crippen LogP contribution in [0.3, 0.4) is 0 Å². The van der Waals surface area contributed by atoms with E-state index in [9.17, 15) is 0 Å². The Bertz CT molecular complexity index is 2040. The van der Waals surface area contributed by atoms with Crippen molar-refractivity contribution >= 4 is 0 Å². The minimum Gasteiger partial charge on any atom is -0.315 e. The zero-order valence-electron chi connectivity index (χ0n) is 88.9. The van der Waals surface area contributed by atoms with Crippen LogP contribution >= 0.6 is 0 Å². The van der Waals surface area contributed by atoms with Crippen molar-refractivity contribution in [1.29, 1.82) is 0 Å². The number of rotatable bonds is 24. The molecular weight excluding hydrogens is 1430 g/mol. The van der Waals surface area contributed by atoms with E-state index in [4.69, 9.17) is 0 Å². The maximum absolute atomic E-state index is 3.64. The second-order valence-electron chi connectivity index (χ2n) is 47.1. The van der Waals surface area contributed by atoms with Crippen molar-refractivity contribution in [2.75, 3.05) is 105 Å². The summed E-state index contributed by atoms with van der Waals surface area (Å²) in [6, 6.07) is 8.15. The number of likely N-dealkylation sites (tertiary alicyclic amines) is 7. The molecule has 706 valence electrons. The van der Waals surface area contributed by atoms with E-state index in [1.54, 1.807) is 0 Å². The molecule has 8 fully saturated rings. The fourth-order valence-corrected chi connectivity index (χ4v) is 18.6. The molecule has 7 saturated heterocycles. The van der Waals surface area contributed by atoms with Gasteiger partial charge in [-0.25, -0.2) is 0 Å². The predicted molar refractivity (Wildman–Crippen MR) is 533 cm³/mol. The molecule has 10 nitrogen and oxygen atoms in total. The molecule has 1 saturated carbocycles. The second kappa shape index (κ2) is 64.3. The largest absolute Gasteiger partial charge is 0.315 e. The van der Waals surface area contributed by atoms with Crippen LogP contribution < -0.4 is 10.6 Å². The molecule has 0 spiro atoms. The van der Waals surface area contributed by atoms with Crippen molar-refractivity contribution in [2.45, 2.75) is 491 Å². The molecule has 7 heterocycles. The molecular formula is C107H228N10. The highest BCUT2D eigenvalue weighted by atomic mass is 15.2. The van der Waals surface area contributed by atoms with Gasteiger partial charge in [0.1, 0.15) is 0 Å². The lowest BCUT2D eigenvalue weighted by atomic mass is 9.75. The summed E-state index contributed by atoms with van der Waals surface area (Å²) in [5, 5.41) is 7.02. The second-order valence-corrected chi connectivity index (χ2v) is 47.1. The van der Waals surface area contributed by atoms with Gasteiger partial charge in [-0.1, -0.05) is 173 Å². The van der Waals surface area contributed by atoms with Gasteiger partial charge < -0.3 is 40.0 Å². The van der Waals surface area contributed by atoms with Crippen molar-refractivity contribution in [3.8, 4) is 0 Å². The first-order valence-corrected chi connectivity index (χ1v) is 51.5. The lowest BCUT2D eigenvalue weighted by Gasteiger charge is -2.45. The zero-order chi connectivity index (χ0) is 90.4. The first-order chi connectivity index (χ1) is 54.1. The summed E-state index contributed by atoms with van der Waals surface area (Å²) in [4.78, 5) is 20.7. The Morgan fingerprint density at radius 2 is 0.658 bits per heavy atom. The third kappa shape index (κ3) is 57.1. The molecule has 1 aliphatic carbocycles. The SMILES string of the molecule is CC(C)(C)[C@H]1CCCN(C(C)(C)C)C1.CC(C)C1CCCN(C(C)C)C1.CC(C)C1CCN(C(C)C)C1.CC(C)C1CCN(C(C)C)CC1.CC(C)C1CCN(C(C)C)CC1.CC(C)CC1CCCN1C(C)C.CC(C)CCN(C)C(C)C.CC(C)CCNC(C)C.CC(C)NC1CCC(C(C)C)CC1.CC(C)[C@@H]1CCCN(C(C)C)C1. The maximum atomic E-state index is 3.64. The van der Waals surface area contributed by atoms with Crippen LogP contribution in [0.25, 0.3) is 0 Å². The van der Waals surface area contributed by atoms with Crippen LogP contribution in [0, 0.1) is 100 Å². The fourth-order valence-electron chi connectivity index (χ4n) is 18.6. The van der Waals surface area contributed by atoms with Gasteiger partial charge in [0.2, 0.25) is 0 Å². The molecule has 7 aliphatic heterocycles. The van der Waals surface area contributed by atoms with Gasteiger partial charge >= 0.3 is 0 Å². The lowest BCUT2D eigenvalue weighted by Crippen LogP contribution is -2.49. The molecule has 3 unspecified atom stereocenters. The van der Waals surface area contributed by atoms with Crippen LogP contribution in [0.2, 0.25) is 0 Å². The Hall–Kier alpha value is -0.400. The Kier molecular flexibility index (Phi) is 65.3. The smallest absolute Gasteiger partial charge is 0.0125 e. The normalized spacial score (nSPS) is 23.8. The van der Waals surface area contributed by atoms with E-state index >= 15 is 0 Å². The average Bonchev–Trinajstić information content (AvgIpc) is 1.68. The van der Waals surface area contributed by atoms with E-state index in [1.165, 1.54) is 220 Å². The number of hydrogen-bond acceptors (Lipinski definition) is 10. The maximum Gasteiger partial charge on any atom is 0.0125 e. The summed E-state index contributed by atoms with van der Waals surface area (Å²) < 4.78 is 0. The molecule has 0 aromatic heterocycles. The molecule has 0 amide bonds. The highest BCUT2D eigenvalue weighted by Gasteiger charge is 2.35. The van der Waals surface area contributed by atoms with Crippen LogP contribution in [-0.4, -0.2) is 216 Å². The minimum atomic E-state index is 0.351. The van der Waals surface area contributed by atoms with Gasteiger partial charge in [0, 0.05) is 98.2 Å². The topological polar surface area (TPSA) is 50.0 Å². The standard InChI is InChI=1S/C13H27N.C12H25N.5C11H23N.C10H21N.C9H21N.C8H19N/c1-12(2,3)11-8-7-9-14(10-11)13(4,5)6;1-9(2)11-5-7-12(8-6-11)13-10(3)4;2*1-9(2)11-5-7-12(8-6-11)10(3)4;2*1-9(2)11-6-5-7-12(8-11)10(3)4;1-9(2)8-11-6-5-7-12(11)10(3)4;1-8(2)10-5-6-11(7-10)9(3)4;1-8(2)6-7-10(5)9(3)4;1-7(2)5-6-9-8(3)4/h11H,7-10H2,1-6H3;9-13H,5-8H2,1-4H3;5*9-11H,5-8H2,1-4H3;8-10H,5-7H2,1-4H3;8-9H,6-7H2,1-5H3;7-9H,5-6H2,1-4H3/t11-;;;;11-;;;;;/m0...1...../s1. The summed E-state index contributed by atoms with van der Waals surface area (Å²) in [6.45, 7) is 117. The van der Waals surface area contributed by atoms with Gasteiger partial charge in [0.25, 0.3) is 0 Å². The van der Waals surface area contributed by atoms with E-state index in [0.29, 0.717) is 29.1 Å². The molecule has 5 atom stereocenters. The van der Waals surface area contributed by atoms with E-state index in [0.717, 1.165) is 150 Å². The van der Waals surface area contributed by atoms with Crippen molar-refractivity contribution in [1.82, 2.24) is 49.8 Å². The third-order valence-electron chi connectivity index (χ3n) is 28.7. The molecule has 0 radical (unpaired) electrons. The molecule has 0 bridgehead atoms. The number of nitrogens with one attached hydrogen (secondary N) is 2. The van der Waals surface area contributed by atoms with Gasteiger partial charge in [-0.2, -0.15) is 0 Å². The fraction of sp³-hybridized carbons (Fsp3) is 1.00. The van der Waals surface area contributed by atoms with Crippen LogP contribution in [0.15, 0.2) is 0 Å². The summed E-state index contributed by atoms with van der Waals surface area (Å²) >= 11 is 0. The van der Waals surface area contributed by atoms with Gasteiger partial charge in [-0.15, -0.1) is 0 Å². The van der Waals surface area contributed by atoms with E-state index in [1.807, 2.05) is 0 Å². The zero-order valence-corrected chi connectivity index (χ0v) is 88.9. The molecule has 8 aliphatic rings. The van der Waals surface area contributed by atoms with Gasteiger partial charge in [0.05, 0.1) is 0 Å². The highest BCUT2D eigenvalue weighted by Crippen LogP contribution is 2.37. The van der Waals surface area contributed by atoms with Gasteiger partial charge in [-0.3, -0.25) is 9.80 Å². The quantitative estimate of drug-likeness (QED) is 0.0977. The molecule has 8 rings (SSSR count). The molecule has 0 aromatic carbocycles. The molecule has 2 N–H and O–H groups in total.